The number of hydrogen-bond donors (Lipinski definition) is 0. The lowest BCUT2D eigenvalue weighted by molar-refractivity contribution is -0.149. The van der Waals surface area contributed by atoms with Crippen molar-refractivity contribution in [3.8, 4) is 0 Å². The molecule has 0 N–H and O–H groups in total. The van der Waals surface area contributed by atoms with Gasteiger partial charge in [-0.3, -0.25) is 4.79 Å². The summed E-state index contributed by atoms with van der Waals surface area (Å²) in [5, 5.41) is -0.558. The predicted octanol–water partition coefficient (Wildman–Crippen LogP) is -0.402. The highest BCUT2D eigenvalue weighted by Crippen LogP contribution is 2.17. The van der Waals surface area contributed by atoms with Gasteiger partial charge in [-0.25, -0.2) is 8.42 Å². The van der Waals surface area contributed by atoms with Crippen LogP contribution < -0.4 is 0 Å². The molecule has 1 rings (SSSR count). The average Bonchev–Trinajstić information content (AvgIpc) is 2.27. The number of esters is 1. The number of carbonyl (C=O) groups excluding carboxylic acids is 1. The topological polar surface area (TPSA) is 72.9 Å². The first kappa shape index (κ1) is 13.4. The minimum Gasteiger partial charge on any atom is -0.468 e. The van der Waals surface area contributed by atoms with E-state index in [1.807, 2.05) is 0 Å². The first-order valence-corrected chi connectivity index (χ1v) is 6.57. The summed E-state index contributed by atoms with van der Waals surface area (Å²) in [6, 6.07) is -0.855. The monoisotopic (exact) mass is 251 g/mol. The lowest BCUT2D eigenvalue weighted by Crippen LogP contribution is -2.54. The maximum Gasteiger partial charge on any atom is 0.326 e. The summed E-state index contributed by atoms with van der Waals surface area (Å²) < 4.78 is 34.8. The fraction of sp³-hybridized carbons (Fsp3) is 0.889. The van der Waals surface area contributed by atoms with E-state index in [9.17, 15) is 13.2 Å². The van der Waals surface area contributed by atoms with Gasteiger partial charge in [-0.2, -0.15) is 4.31 Å². The van der Waals surface area contributed by atoms with Crippen LogP contribution in [0.1, 0.15) is 13.8 Å². The number of nitrogens with zero attached hydrogens (tertiary/aromatic N) is 1. The summed E-state index contributed by atoms with van der Waals surface area (Å²) in [4.78, 5) is 11.4. The van der Waals surface area contributed by atoms with E-state index >= 15 is 0 Å². The molecule has 16 heavy (non-hydrogen) atoms. The summed E-state index contributed by atoms with van der Waals surface area (Å²) in [7, 11) is -2.22. The molecule has 1 heterocycles. The molecule has 0 spiro atoms. The van der Waals surface area contributed by atoms with Crippen molar-refractivity contribution in [2.45, 2.75) is 25.1 Å². The summed E-state index contributed by atoms with van der Waals surface area (Å²) in [6.07, 6.45) is 0. The molecule has 1 unspecified atom stereocenters. The van der Waals surface area contributed by atoms with E-state index in [1.165, 1.54) is 11.4 Å². The second kappa shape index (κ2) is 5.11. The molecule has 1 fully saturated rings. The van der Waals surface area contributed by atoms with Crippen LogP contribution in [0.3, 0.4) is 0 Å². The highest BCUT2D eigenvalue weighted by atomic mass is 32.2. The van der Waals surface area contributed by atoms with Crippen LogP contribution in [0.25, 0.3) is 0 Å². The third kappa shape index (κ3) is 2.53. The lowest BCUT2D eigenvalue weighted by Gasteiger charge is -2.33. The third-order valence-electron chi connectivity index (χ3n) is 2.48. The molecular weight excluding hydrogens is 234 g/mol. The molecule has 1 aliphatic rings. The van der Waals surface area contributed by atoms with Crippen LogP contribution in [-0.2, 0) is 24.3 Å². The molecular formula is C9H17NO5S. The van der Waals surface area contributed by atoms with Gasteiger partial charge >= 0.3 is 5.97 Å². The van der Waals surface area contributed by atoms with E-state index < -0.39 is 27.3 Å². The molecule has 0 aromatic rings. The van der Waals surface area contributed by atoms with Crippen LogP contribution in [0.15, 0.2) is 0 Å². The fourth-order valence-corrected chi connectivity index (χ4v) is 2.86. The Morgan fingerprint density at radius 1 is 1.50 bits per heavy atom. The van der Waals surface area contributed by atoms with Crippen molar-refractivity contribution in [2.75, 3.05) is 26.9 Å². The van der Waals surface area contributed by atoms with Gasteiger partial charge in [0.05, 0.1) is 25.6 Å². The average molecular weight is 251 g/mol. The molecule has 7 heteroatoms. The fourth-order valence-electron chi connectivity index (χ4n) is 1.49. The molecule has 94 valence electrons. The minimum absolute atomic E-state index is 0.0542. The SMILES string of the molecule is COC(=O)C1COCCN1S(=O)(=O)C(C)C. The highest BCUT2D eigenvalue weighted by molar-refractivity contribution is 7.89. The summed E-state index contributed by atoms with van der Waals surface area (Å²) in [5.74, 6) is -0.580. The van der Waals surface area contributed by atoms with Gasteiger partial charge in [0.25, 0.3) is 0 Å². The normalized spacial score (nSPS) is 23.4. The van der Waals surface area contributed by atoms with Gasteiger partial charge in [0.2, 0.25) is 10.0 Å². The quantitative estimate of drug-likeness (QED) is 0.638. The Kier molecular flexibility index (Phi) is 4.28. The molecule has 6 nitrogen and oxygen atoms in total. The number of rotatable bonds is 3. The Labute approximate surface area is 95.6 Å². The Hall–Kier alpha value is -0.660. The standard InChI is InChI=1S/C9H17NO5S/c1-7(2)16(12,13)10-4-5-15-6-8(10)9(11)14-3/h7-8H,4-6H2,1-3H3. The van der Waals surface area contributed by atoms with Crippen molar-refractivity contribution in [3.05, 3.63) is 0 Å². The van der Waals surface area contributed by atoms with Gasteiger partial charge in [-0.15, -0.1) is 0 Å². The van der Waals surface area contributed by atoms with Crippen molar-refractivity contribution in [1.82, 2.24) is 4.31 Å². The van der Waals surface area contributed by atoms with Crippen LogP contribution in [0.4, 0.5) is 0 Å². The molecule has 0 bridgehead atoms. The van der Waals surface area contributed by atoms with Crippen molar-refractivity contribution < 1.29 is 22.7 Å². The second-order valence-electron chi connectivity index (χ2n) is 3.82. The van der Waals surface area contributed by atoms with Crippen LogP contribution in [0.5, 0.6) is 0 Å². The summed E-state index contributed by atoms with van der Waals surface area (Å²) in [6.45, 7) is 3.72. The van der Waals surface area contributed by atoms with Crippen molar-refractivity contribution >= 4 is 16.0 Å². The molecule has 0 aliphatic carbocycles. The largest absolute Gasteiger partial charge is 0.468 e. The van der Waals surface area contributed by atoms with Crippen molar-refractivity contribution in [2.24, 2.45) is 0 Å². The molecule has 0 aromatic heterocycles. The predicted molar refractivity (Wildman–Crippen MR) is 57.4 cm³/mol. The number of morpholine rings is 1. The first-order chi connectivity index (χ1) is 7.41. The number of sulfonamides is 1. The minimum atomic E-state index is -3.45. The maximum absolute atomic E-state index is 12.0. The molecule has 1 atom stereocenters. The van der Waals surface area contributed by atoms with E-state index in [1.54, 1.807) is 13.8 Å². The Balaban J connectivity index is 2.95. The smallest absolute Gasteiger partial charge is 0.326 e. The highest BCUT2D eigenvalue weighted by Gasteiger charge is 2.39. The van der Waals surface area contributed by atoms with Crippen LogP contribution >= 0.6 is 0 Å². The molecule has 1 aliphatic heterocycles. The molecule has 0 saturated carbocycles. The van der Waals surface area contributed by atoms with Gasteiger partial charge < -0.3 is 9.47 Å². The van der Waals surface area contributed by atoms with Crippen molar-refractivity contribution in [3.63, 3.8) is 0 Å². The third-order valence-corrected chi connectivity index (χ3v) is 4.76. The van der Waals surface area contributed by atoms with E-state index in [-0.39, 0.29) is 13.2 Å². The first-order valence-electron chi connectivity index (χ1n) is 5.07. The number of hydrogen-bond acceptors (Lipinski definition) is 5. The molecule has 0 radical (unpaired) electrons. The van der Waals surface area contributed by atoms with Gasteiger partial charge in [0.1, 0.15) is 6.04 Å². The van der Waals surface area contributed by atoms with Gasteiger partial charge in [0, 0.05) is 6.54 Å². The van der Waals surface area contributed by atoms with Gasteiger partial charge in [-0.05, 0) is 13.8 Å². The van der Waals surface area contributed by atoms with Crippen LogP contribution in [0.2, 0.25) is 0 Å². The Morgan fingerprint density at radius 3 is 2.62 bits per heavy atom. The molecule has 0 aromatic carbocycles. The second-order valence-corrected chi connectivity index (χ2v) is 6.26. The van der Waals surface area contributed by atoms with Crippen LogP contribution in [0, 0.1) is 0 Å². The van der Waals surface area contributed by atoms with E-state index in [0.29, 0.717) is 6.61 Å². The van der Waals surface area contributed by atoms with E-state index in [0.717, 1.165) is 0 Å². The Morgan fingerprint density at radius 2 is 2.12 bits per heavy atom. The zero-order valence-corrected chi connectivity index (χ0v) is 10.5. The van der Waals surface area contributed by atoms with Crippen LogP contribution in [-0.4, -0.2) is 56.9 Å². The molecule has 1 saturated heterocycles. The lowest BCUT2D eigenvalue weighted by atomic mass is 10.3. The van der Waals surface area contributed by atoms with E-state index in [2.05, 4.69) is 4.74 Å². The summed E-state index contributed by atoms with van der Waals surface area (Å²) >= 11 is 0. The number of ether oxygens (including phenoxy) is 2. The number of methoxy groups -OCH3 is 1. The zero-order chi connectivity index (χ0) is 12.3. The van der Waals surface area contributed by atoms with Gasteiger partial charge in [-0.1, -0.05) is 0 Å². The van der Waals surface area contributed by atoms with E-state index in [4.69, 9.17) is 4.74 Å². The number of carbonyl (C=O) groups is 1. The Bertz CT molecular complexity index is 351. The maximum atomic E-state index is 12.0. The van der Waals surface area contributed by atoms with Crippen molar-refractivity contribution in [1.29, 1.82) is 0 Å². The zero-order valence-electron chi connectivity index (χ0n) is 9.67. The van der Waals surface area contributed by atoms with Gasteiger partial charge in [0.15, 0.2) is 0 Å². The molecule has 0 amide bonds. The summed E-state index contributed by atoms with van der Waals surface area (Å²) in [5.41, 5.74) is 0.